The van der Waals surface area contributed by atoms with Gasteiger partial charge in [-0.05, 0) is 30.3 Å². The largest absolute Gasteiger partial charge is 0.398 e. The SMILES string of the molecule is Nc1cccc2[nH]nc(-c3ccc4ncccc4c3)c12. The first kappa shape index (κ1) is 11.0. The van der Waals surface area contributed by atoms with E-state index in [0.29, 0.717) is 0 Å². The first-order valence-electron chi connectivity index (χ1n) is 6.41. The fraction of sp³-hybridized carbons (Fsp3) is 0. The molecule has 4 rings (SSSR count). The quantitative estimate of drug-likeness (QED) is 0.516. The highest BCUT2D eigenvalue weighted by molar-refractivity contribution is 6.02. The van der Waals surface area contributed by atoms with E-state index in [-0.39, 0.29) is 0 Å². The van der Waals surface area contributed by atoms with Gasteiger partial charge in [-0.15, -0.1) is 0 Å². The average Bonchev–Trinajstić information content (AvgIpc) is 2.92. The van der Waals surface area contributed by atoms with Gasteiger partial charge >= 0.3 is 0 Å². The number of benzene rings is 2. The van der Waals surface area contributed by atoms with Gasteiger partial charge in [0.1, 0.15) is 5.69 Å². The lowest BCUT2D eigenvalue weighted by atomic mass is 10.0. The van der Waals surface area contributed by atoms with Crippen LogP contribution in [0.15, 0.2) is 54.7 Å². The number of nitrogen functional groups attached to an aromatic ring is 1. The van der Waals surface area contributed by atoms with Crippen molar-refractivity contribution in [1.29, 1.82) is 0 Å². The molecular weight excluding hydrogens is 248 g/mol. The van der Waals surface area contributed by atoms with Crippen molar-refractivity contribution in [3.8, 4) is 11.3 Å². The topological polar surface area (TPSA) is 67.6 Å². The highest BCUT2D eigenvalue weighted by atomic mass is 15.1. The summed E-state index contributed by atoms with van der Waals surface area (Å²) in [5, 5.41) is 9.50. The molecule has 0 atom stereocenters. The molecule has 4 aromatic rings. The van der Waals surface area contributed by atoms with Crippen molar-refractivity contribution in [1.82, 2.24) is 15.2 Å². The number of hydrogen-bond acceptors (Lipinski definition) is 3. The molecule has 0 aliphatic rings. The molecule has 0 aliphatic heterocycles. The fourth-order valence-corrected chi connectivity index (χ4v) is 2.53. The summed E-state index contributed by atoms with van der Waals surface area (Å²) in [6.45, 7) is 0. The molecule has 20 heavy (non-hydrogen) atoms. The molecule has 0 saturated carbocycles. The van der Waals surface area contributed by atoms with Crippen LogP contribution in [0.3, 0.4) is 0 Å². The maximum atomic E-state index is 6.08. The number of pyridine rings is 1. The van der Waals surface area contributed by atoms with E-state index in [4.69, 9.17) is 5.73 Å². The lowest BCUT2D eigenvalue weighted by Crippen LogP contribution is -1.87. The highest BCUT2D eigenvalue weighted by Gasteiger charge is 2.11. The second kappa shape index (κ2) is 4.06. The van der Waals surface area contributed by atoms with E-state index in [9.17, 15) is 0 Å². The number of aromatic nitrogens is 3. The predicted molar refractivity (Wildman–Crippen MR) is 81.2 cm³/mol. The monoisotopic (exact) mass is 260 g/mol. The molecule has 3 N–H and O–H groups in total. The summed E-state index contributed by atoms with van der Waals surface area (Å²) < 4.78 is 0. The van der Waals surface area contributed by atoms with Crippen molar-refractivity contribution >= 4 is 27.5 Å². The van der Waals surface area contributed by atoms with Crippen LogP contribution in [0.4, 0.5) is 5.69 Å². The zero-order chi connectivity index (χ0) is 13.5. The Bertz CT molecular complexity index is 924. The summed E-state index contributed by atoms with van der Waals surface area (Å²) in [6, 6.07) is 15.9. The number of fused-ring (bicyclic) bond motifs is 2. The fourth-order valence-electron chi connectivity index (χ4n) is 2.53. The van der Waals surface area contributed by atoms with Crippen LogP contribution < -0.4 is 5.73 Å². The summed E-state index contributed by atoms with van der Waals surface area (Å²) in [5.74, 6) is 0. The van der Waals surface area contributed by atoms with Gasteiger partial charge in [-0.25, -0.2) is 0 Å². The number of hydrogen-bond donors (Lipinski definition) is 2. The van der Waals surface area contributed by atoms with Crippen molar-refractivity contribution in [2.45, 2.75) is 0 Å². The Morgan fingerprint density at radius 1 is 1.00 bits per heavy atom. The molecule has 96 valence electrons. The normalized spacial score (nSPS) is 11.2. The lowest BCUT2D eigenvalue weighted by Gasteiger charge is -2.02. The average molecular weight is 260 g/mol. The highest BCUT2D eigenvalue weighted by Crippen LogP contribution is 2.31. The molecule has 0 radical (unpaired) electrons. The third-order valence-corrected chi connectivity index (χ3v) is 3.50. The van der Waals surface area contributed by atoms with E-state index in [1.807, 2.05) is 42.5 Å². The van der Waals surface area contributed by atoms with Crippen molar-refractivity contribution in [3.05, 3.63) is 54.7 Å². The van der Waals surface area contributed by atoms with Crippen LogP contribution in [-0.2, 0) is 0 Å². The van der Waals surface area contributed by atoms with Gasteiger partial charge in [-0.1, -0.05) is 18.2 Å². The van der Waals surface area contributed by atoms with Gasteiger partial charge in [-0.2, -0.15) is 5.10 Å². The first-order chi connectivity index (χ1) is 9.83. The van der Waals surface area contributed by atoms with Crippen LogP contribution in [-0.4, -0.2) is 15.2 Å². The Morgan fingerprint density at radius 3 is 2.90 bits per heavy atom. The van der Waals surface area contributed by atoms with E-state index in [1.165, 1.54) is 0 Å². The second-order valence-corrected chi connectivity index (χ2v) is 4.75. The van der Waals surface area contributed by atoms with Crippen LogP contribution in [0.2, 0.25) is 0 Å². The Morgan fingerprint density at radius 2 is 1.95 bits per heavy atom. The molecule has 0 saturated heterocycles. The predicted octanol–water partition coefficient (Wildman–Crippen LogP) is 3.36. The Balaban J connectivity index is 2.01. The Hall–Kier alpha value is -2.88. The van der Waals surface area contributed by atoms with Gasteiger partial charge < -0.3 is 5.73 Å². The molecule has 0 amide bonds. The van der Waals surface area contributed by atoms with E-state index in [1.54, 1.807) is 6.20 Å². The lowest BCUT2D eigenvalue weighted by molar-refractivity contribution is 1.12. The summed E-state index contributed by atoms with van der Waals surface area (Å²) >= 11 is 0. The van der Waals surface area contributed by atoms with Crippen LogP contribution in [0.1, 0.15) is 0 Å². The van der Waals surface area contributed by atoms with Gasteiger partial charge in [-0.3, -0.25) is 10.1 Å². The van der Waals surface area contributed by atoms with Gasteiger partial charge in [0.25, 0.3) is 0 Å². The molecule has 0 bridgehead atoms. The van der Waals surface area contributed by atoms with Crippen molar-refractivity contribution in [2.24, 2.45) is 0 Å². The van der Waals surface area contributed by atoms with Gasteiger partial charge in [0.05, 0.1) is 16.4 Å². The maximum Gasteiger partial charge on any atom is 0.102 e. The number of nitrogens with one attached hydrogen (secondary N) is 1. The second-order valence-electron chi connectivity index (χ2n) is 4.75. The van der Waals surface area contributed by atoms with E-state index >= 15 is 0 Å². The maximum absolute atomic E-state index is 6.08. The minimum atomic E-state index is 0.734. The third kappa shape index (κ3) is 1.55. The van der Waals surface area contributed by atoms with Crippen LogP contribution in [0.5, 0.6) is 0 Å². The van der Waals surface area contributed by atoms with Crippen molar-refractivity contribution in [3.63, 3.8) is 0 Å². The van der Waals surface area contributed by atoms with Gasteiger partial charge in [0.2, 0.25) is 0 Å². The van der Waals surface area contributed by atoms with E-state index in [2.05, 4.69) is 21.2 Å². The standard InChI is InChI=1S/C16H12N4/c17-12-4-1-5-14-15(12)16(20-19-14)11-6-7-13-10(9-11)3-2-8-18-13/h1-9H,17H2,(H,19,20). The van der Waals surface area contributed by atoms with E-state index < -0.39 is 0 Å². The van der Waals surface area contributed by atoms with Crippen LogP contribution in [0, 0.1) is 0 Å². The minimum Gasteiger partial charge on any atom is -0.398 e. The smallest absolute Gasteiger partial charge is 0.102 e. The molecular formula is C16H12N4. The molecule has 2 heterocycles. The molecule has 0 unspecified atom stereocenters. The van der Waals surface area contributed by atoms with Crippen molar-refractivity contribution in [2.75, 3.05) is 5.73 Å². The summed E-state index contributed by atoms with van der Waals surface area (Å²) in [6.07, 6.45) is 1.80. The number of rotatable bonds is 1. The number of nitrogens with two attached hydrogens (primary N) is 1. The molecule has 2 aromatic carbocycles. The Kier molecular flexibility index (Phi) is 2.23. The third-order valence-electron chi connectivity index (χ3n) is 3.50. The summed E-state index contributed by atoms with van der Waals surface area (Å²) in [4.78, 5) is 4.33. The number of nitrogens with zero attached hydrogens (tertiary/aromatic N) is 2. The van der Waals surface area contributed by atoms with Gasteiger partial charge in [0.15, 0.2) is 0 Å². The van der Waals surface area contributed by atoms with Gasteiger partial charge in [0, 0.05) is 22.8 Å². The zero-order valence-corrected chi connectivity index (χ0v) is 10.7. The molecule has 0 fully saturated rings. The number of aromatic amines is 1. The van der Waals surface area contributed by atoms with Crippen LogP contribution in [0.25, 0.3) is 33.1 Å². The summed E-state index contributed by atoms with van der Waals surface area (Å²) in [5.41, 5.74) is 10.7. The zero-order valence-electron chi connectivity index (χ0n) is 10.7. The molecule has 0 spiro atoms. The van der Waals surface area contributed by atoms with Crippen LogP contribution >= 0.6 is 0 Å². The number of anilines is 1. The van der Waals surface area contributed by atoms with E-state index in [0.717, 1.165) is 38.8 Å². The minimum absolute atomic E-state index is 0.734. The van der Waals surface area contributed by atoms with Crippen molar-refractivity contribution < 1.29 is 0 Å². The molecule has 4 heteroatoms. The molecule has 4 nitrogen and oxygen atoms in total. The number of H-pyrrole nitrogens is 1. The Labute approximate surface area is 115 Å². The molecule has 0 aliphatic carbocycles. The summed E-state index contributed by atoms with van der Waals surface area (Å²) in [7, 11) is 0. The molecule has 2 aromatic heterocycles. The first-order valence-corrected chi connectivity index (χ1v) is 6.41.